The molecule has 1 aliphatic carbocycles. The number of nitrogens with zero attached hydrogens (tertiary/aromatic N) is 1. The molecule has 2 heterocycles. The molecule has 2 unspecified atom stereocenters. The van der Waals surface area contributed by atoms with E-state index in [1.165, 1.54) is 0 Å². The molecule has 0 spiro atoms. The van der Waals surface area contributed by atoms with Crippen LogP contribution in [0.1, 0.15) is 40.0 Å². The molecule has 3 aliphatic rings. The second-order valence-corrected chi connectivity index (χ2v) is 5.56. The molecule has 0 aromatic heterocycles. The molecule has 0 aromatic carbocycles. The number of carbonyl (C=O) groups is 1. The Morgan fingerprint density at radius 3 is 2.27 bits per heavy atom. The van der Waals surface area contributed by atoms with Crippen LogP contribution >= 0.6 is 0 Å². The van der Waals surface area contributed by atoms with E-state index in [1.54, 1.807) is 4.90 Å². The molecule has 2 saturated heterocycles. The van der Waals surface area contributed by atoms with Gasteiger partial charge in [0, 0.05) is 12.1 Å². The normalized spacial score (nSPS) is 34.7. The molecule has 1 N–H and O–H groups in total. The maximum absolute atomic E-state index is 11.8. The summed E-state index contributed by atoms with van der Waals surface area (Å²) in [7, 11) is 0. The lowest BCUT2D eigenvalue weighted by atomic mass is 9.78. The average Bonchev–Trinajstić information content (AvgIpc) is 1.98. The predicted octanol–water partition coefficient (Wildman–Crippen LogP) is 1.52. The number of ether oxygens (including phenoxy) is 1. The van der Waals surface area contributed by atoms with Crippen molar-refractivity contribution in [3.63, 3.8) is 0 Å². The van der Waals surface area contributed by atoms with Gasteiger partial charge in [-0.15, -0.1) is 0 Å². The first-order chi connectivity index (χ1) is 6.87. The average molecular weight is 213 g/mol. The smallest absolute Gasteiger partial charge is 0.410 e. The Kier molecular flexibility index (Phi) is 2.41. The van der Waals surface area contributed by atoms with Gasteiger partial charge < -0.3 is 14.7 Å². The molecule has 3 fully saturated rings. The van der Waals surface area contributed by atoms with Gasteiger partial charge in [-0.05, 0) is 40.0 Å². The first-order valence-electron chi connectivity index (χ1n) is 5.56. The topological polar surface area (TPSA) is 49.8 Å². The van der Waals surface area contributed by atoms with E-state index in [2.05, 4.69) is 0 Å². The molecule has 86 valence electrons. The van der Waals surface area contributed by atoms with E-state index in [0.717, 1.165) is 6.42 Å². The van der Waals surface area contributed by atoms with Crippen LogP contribution in [0.4, 0.5) is 4.79 Å². The molecule has 2 bridgehead atoms. The van der Waals surface area contributed by atoms with Crippen molar-refractivity contribution in [2.24, 2.45) is 0 Å². The van der Waals surface area contributed by atoms with E-state index >= 15 is 0 Å². The van der Waals surface area contributed by atoms with Crippen LogP contribution < -0.4 is 0 Å². The van der Waals surface area contributed by atoms with Crippen LogP contribution in [-0.2, 0) is 4.74 Å². The van der Waals surface area contributed by atoms with Crippen LogP contribution in [0.3, 0.4) is 0 Å². The SMILES string of the molecule is CC(C)(C)OC(=O)N1C2CC(O)C[C@@H]1C2. The number of rotatable bonds is 0. The van der Waals surface area contributed by atoms with Gasteiger partial charge in [-0.1, -0.05) is 0 Å². The molecule has 0 radical (unpaired) electrons. The fourth-order valence-electron chi connectivity index (χ4n) is 2.46. The Bertz CT molecular complexity index is 259. The number of piperidine rings is 1. The lowest BCUT2D eigenvalue weighted by molar-refractivity contribution is -0.0845. The second-order valence-electron chi connectivity index (χ2n) is 5.56. The van der Waals surface area contributed by atoms with Gasteiger partial charge >= 0.3 is 6.09 Å². The van der Waals surface area contributed by atoms with Crippen molar-refractivity contribution in [1.29, 1.82) is 0 Å². The van der Waals surface area contributed by atoms with Crippen molar-refractivity contribution >= 4 is 6.09 Å². The minimum atomic E-state index is -0.431. The van der Waals surface area contributed by atoms with Gasteiger partial charge in [-0.25, -0.2) is 4.79 Å². The molecule has 4 heteroatoms. The van der Waals surface area contributed by atoms with Crippen LogP contribution in [-0.4, -0.2) is 39.9 Å². The Hall–Kier alpha value is -0.770. The molecule has 15 heavy (non-hydrogen) atoms. The van der Waals surface area contributed by atoms with Gasteiger partial charge in [-0.3, -0.25) is 0 Å². The number of hydrogen-bond acceptors (Lipinski definition) is 3. The van der Waals surface area contributed by atoms with E-state index in [0.29, 0.717) is 12.8 Å². The summed E-state index contributed by atoms with van der Waals surface area (Å²) in [6.07, 6.45) is 1.98. The first-order valence-corrected chi connectivity index (χ1v) is 5.56. The Balaban J connectivity index is 1.94. The third kappa shape index (κ3) is 2.09. The minimum absolute atomic E-state index is 0.202. The van der Waals surface area contributed by atoms with Crippen molar-refractivity contribution < 1.29 is 14.6 Å². The molecular formula is C11H19NO3. The van der Waals surface area contributed by atoms with Crippen LogP contribution in [0, 0.1) is 0 Å². The second kappa shape index (κ2) is 3.37. The van der Waals surface area contributed by atoms with Crippen molar-refractivity contribution in [2.75, 3.05) is 0 Å². The van der Waals surface area contributed by atoms with E-state index in [1.807, 2.05) is 20.8 Å². The zero-order chi connectivity index (χ0) is 11.2. The Morgan fingerprint density at radius 1 is 1.27 bits per heavy atom. The van der Waals surface area contributed by atoms with Gasteiger partial charge in [0.15, 0.2) is 0 Å². The van der Waals surface area contributed by atoms with E-state index in [9.17, 15) is 9.90 Å². The number of aliphatic hydroxyl groups excluding tert-OH is 1. The maximum Gasteiger partial charge on any atom is 0.410 e. The van der Waals surface area contributed by atoms with Crippen molar-refractivity contribution in [3.8, 4) is 0 Å². The third-order valence-corrected chi connectivity index (χ3v) is 3.02. The quantitative estimate of drug-likeness (QED) is 0.663. The zero-order valence-corrected chi connectivity index (χ0v) is 9.56. The minimum Gasteiger partial charge on any atom is -0.444 e. The predicted molar refractivity (Wildman–Crippen MR) is 55.5 cm³/mol. The van der Waals surface area contributed by atoms with Gasteiger partial charge in [0.1, 0.15) is 5.60 Å². The van der Waals surface area contributed by atoms with Gasteiger partial charge in [0.2, 0.25) is 0 Å². The van der Waals surface area contributed by atoms with Crippen molar-refractivity contribution in [1.82, 2.24) is 4.90 Å². The summed E-state index contributed by atoms with van der Waals surface area (Å²) in [6.45, 7) is 5.61. The highest BCUT2D eigenvalue weighted by Crippen LogP contribution is 2.39. The van der Waals surface area contributed by atoms with Gasteiger partial charge in [0.05, 0.1) is 6.10 Å². The molecule has 0 aromatic rings. The number of aliphatic hydroxyl groups is 1. The van der Waals surface area contributed by atoms with Gasteiger partial charge in [0.25, 0.3) is 0 Å². The summed E-state index contributed by atoms with van der Waals surface area (Å²) in [5, 5.41) is 9.46. The summed E-state index contributed by atoms with van der Waals surface area (Å²) in [5.41, 5.74) is -0.431. The fourth-order valence-corrected chi connectivity index (χ4v) is 2.46. The highest BCUT2D eigenvalue weighted by atomic mass is 16.6. The molecule has 1 saturated carbocycles. The lowest BCUT2D eigenvalue weighted by Gasteiger charge is -2.53. The summed E-state index contributed by atoms with van der Waals surface area (Å²) in [5.74, 6) is 0. The molecule has 1 amide bonds. The van der Waals surface area contributed by atoms with E-state index in [-0.39, 0.29) is 24.3 Å². The number of amides is 1. The monoisotopic (exact) mass is 213 g/mol. The van der Waals surface area contributed by atoms with E-state index in [4.69, 9.17) is 4.74 Å². The fraction of sp³-hybridized carbons (Fsp3) is 0.909. The highest BCUT2D eigenvalue weighted by Gasteiger charge is 2.48. The zero-order valence-electron chi connectivity index (χ0n) is 9.56. The molecule has 4 nitrogen and oxygen atoms in total. The van der Waals surface area contributed by atoms with Crippen LogP contribution in [0.25, 0.3) is 0 Å². The highest BCUT2D eigenvalue weighted by molar-refractivity contribution is 5.70. The van der Waals surface area contributed by atoms with Crippen LogP contribution in [0.5, 0.6) is 0 Å². The number of fused-ring (bicyclic) bond motifs is 2. The Morgan fingerprint density at radius 2 is 1.80 bits per heavy atom. The largest absolute Gasteiger partial charge is 0.444 e. The standard InChI is InChI=1S/C11H19NO3/c1-11(2,3)15-10(14)12-7-4-8(12)6-9(13)5-7/h7-9,13H,4-6H2,1-3H3/t7-,8?,9?/m0/s1. The van der Waals surface area contributed by atoms with Gasteiger partial charge in [-0.2, -0.15) is 0 Å². The van der Waals surface area contributed by atoms with Crippen LogP contribution in [0.2, 0.25) is 0 Å². The van der Waals surface area contributed by atoms with E-state index < -0.39 is 5.60 Å². The first kappa shape index (κ1) is 10.7. The molecule has 3 rings (SSSR count). The number of carbonyl (C=O) groups excluding carboxylic acids is 1. The lowest BCUT2D eigenvalue weighted by Crippen LogP contribution is -2.64. The van der Waals surface area contributed by atoms with Crippen molar-refractivity contribution in [3.05, 3.63) is 0 Å². The number of hydrogen-bond donors (Lipinski definition) is 1. The third-order valence-electron chi connectivity index (χ3n) is 3.02. The summed E-state index contributed by atoms with van der Waals surface area (Å²) >= 11 is 0. The molecule has 3 atom stereocenters. The van der Waals surface area contributed by atoms with Crippen LogP contribution in [0.15, 0.2) is 0 Å². The summed E-state index contributed by atoms with van der Waals surface area (Å²) in [4.78, 5) is 13.6. The summed E-state index contributed by atoms with van der Waals surface area (Å²) < 4.78 is 5.32. The maximum atomic E-state index is 11.8. The Labute approximate surface area is 90.2 Å². The van der Waals surface area contributed by atoms with Crippen molar-refractivity contribution in [2.45, 2.75) is 63.8 Å². The molecule has 2 aliphatic heterocycles. The summed E-state index contributed by atoms with van der Waals surface area (Å²) in [6, 6.07) is 0.405. The molecular weight excluding hydrogens is 194 g/mol.